The van der Waals surface area contributed by atoms with Crippen molar-refractivity contribution < 1.29 is 9.18 Å². The van der Waals surface area contributed by atoms with Crippen molar-refractivity contribution in [2.75, 3.05) is 18.4 Å². The molecule has 0 saturated carbocycles. The molecule has 1 aliphatic heterocycles. The highest BCUT2D eigenvalue weighted by molar-refractivity contribution is 7.80. The van der Waals surface area contributed by atoms with Crippen molar-refractivity contribution in [1.29, 1.82) is 0 Å². The topological polar surface area (TPSA) is 44.4 Å². The summed E-state index contributed by atoms with van der Waals surface area (Å²) in [6.45, 7) is 5.73. The van der Waals surface area contributed by atoms with Crippen LogP contribution < -0.4 is 10.6 Å². The zero-order valence-corrected chi connectivity index (χ0v) is 16.4. The minimum absolute atomic E-state index is 0.0994. The van der Waals surface area contributed by atoms with Crippen molar-refractivity contribution in [3.63, 3.8) is 0 Å². The molecule has 1 amide bonds. The van der Waals surface area contributed by atoms with Gasteiger partial charge in [-0.15, -0.1) is 0 Å². The fourth-order valence-electron chi connectivity index (χ4n) is 3.18. The van der Waals surface area contributed by atoms with Gasteiger partial charge in [0.15, 0.2) is 5.11 Å². The zero-order chi connectivity index (χ0) is 19.4. The number of nitrogens with one attached hydrogen (secondary N) is 2. The molecular weight excluding hydrogens is 361 g/mol. The molecule has 27 heavy (non-hydrogen) atoms. The Labute approximate surface area is 164 Å². The van der Waals surface area contributed by atoms with Crippen LogP contribution in [0.1, 0.15) is 34.3 Å². The first-order valence-electron chi connectivity index (χ1n) is 9.12. The van der Waals surface area contributed by atoms with E-state index in [1.807, 2.05) is 12.1 Å². The summed E-state index contributed by atoms with van der Waals surface area (Å²) >= 11 is 5.57. The van der Waals surface area contributed by atoms with Crippen LogP contribution >= 0.6 is 12.2 Å². The number of benzene rings is 2. The Bertz CT molecular complexity index is 830. The molecule has 4 nitrogen and oxygen atoms in total. The predicted octanol–water partition coefficient (Wildman–Crippen LogP) is 4.03. The number of likely N-dealkylation sites (tertiary alicyclic amines) is 1. The van der Waals surface area contributed by atoms with Gasteiger partial charge in [0, 0.05) is 30.4 Å². The molecule has 1 heterocycles. The van der Waals surface area contributed by atoms with Gasteiger partial charge in [0.1, 0.15) is 5.82 Å². The van der Waals surface area contributed by atoms with E-state index < -0.39 is 0 Å². The smallest absolute Gasteiger partial charge is 0.251 e. The monoisotopic (exact) mass is 385 g/mol. The number of carbonyl (C=O) groups excluding carboxylic acids is 1. The second-order valence-electron chi connectivity index (χ2n) is 6.92. The average Bonchev–Trinajstić information content (AvgIpc) is 2.66. The number of rotatable bonds is 3. The third-order valence-electron chi connectivity index (χ3n) is 5.07. The van der Waals surface area contributed by atoms with Crippen molar-refractivity contribution in [1.82, 2.24) is 10.2 Å². The highest BCUT2D eigenvalue weighted by Gasteiger charge is 2.23. The molecule has 2 aromatic carbocycles. The highest BCUT2D eigenvalue weighted by Crippen LogP contribution is 2.20. The number of amides is 1. The fraction of sp³-hybridized carbons (Fsp3) is 0.333. The summed E-state index contributed by atoms with van der Waals surface area (Å²) in [5.74, 6) is -0.505. The summed E-state index contributed by atoms with van der Waals surface area (Å²) < 4.78 is 13.0. The Kier molecular flexibility index (Phi) is 6.06. The molecule has 0 spiro atoms. The van der Waals surface area contributed by atoms with Gasteiger partial charge in [-0.1, -0.05) is 12.1 Å². The van der Waals surface area contributed by atoms with Crippen LogP contribution in [0, 0.1) is 19.7 Å². The summed E-state index contributed by atoms with van der Waals surface area (Å²) in [7, 11) is 0. The van der Waals surface area contributed by atoms with Crippen LogP contribution in [0.2, 0.25) is 0 Å². The summed E-state index contributed by atoms with van der Waals surface area (Å²) in [5, 5.41) is 7.09. The van der Waals surface area contributed by atoms with E-state index in [0.717, 1.165) is 31.6 Å². The average molecular weight is 386 g/mol. The van der Waals surface area contributed by atoms with Crippen LogP contribution in [-0.2, 0) is 0 Å². The maximum absolute atomic E-state index is 13.0. The minimum atomic E-state index is -0.343. The van der Waals surface area contributed by atoms with E-state index in [-0.39, 0.29) is 17.8 Å². The standard InChI is InChI=1S/C21H24FN3OS/c1-14-4-3-5-19(15(14)2)24-21(27)25-12-10-18(11-13-25)23-20(26)16-6-8-17(22)9-7-16/h3-9,18H,10-13H2,1-2H3,(H,23,26)(H,24,27). The molecule has 1 saturated heterocycles. The molecule has 0 atom stereocenters. The Morgan fingerprint density at radius 2 is 1.78 bits per heavy atom. The van der Waals surface area contributed by atoms with E-state index in [4.69, 9.17) is 12.2 Å². The van der Waals surface area contributed by atoms with Crippen LogP contribution in [0.5, 0.6) is 0 Å². The lowest BCUT2D eigenvalue weighted by Gasteiger charge is -2.34. The van der Waals surface area contributed by atoms with Crippen molar-refractivity contribution in [2.24, 2.45) is 0 Å². The second-order valence-corrected chi connectivity index (χ2v) is 7.31. The first-order valence-corrected chi connectivity index (χ1v) is 9.53. The molecular formula is C21H24FN3OS. The minimum Gasteiger partial charge on any atom is -0.349 e. The predicted molar refractivity (Wildman–Crippen MR) is 111 cm³/mol. The van der Waals surface area contributed by atoms with Crippen LogP contribution in [0.3, 0.4) is 0 Å². The van der Waals surface area contributed by atoms with Crippen LogP contribution in [-0.4, -0.2) is 35.1 Å². The van der Waals surface area contributed by atoms with Gasteiger partial charge in [-0.2, -0.15) is 0 Å². The number of piperidine rings is 1. The van der Waals surface area contributed by atoms with Gasteiger partial charge >= 0.3 is 0 Å². The van der Waals surface area contributed by atoms with Crippen LogP contribution in [0.4, 0.5) is 10.1 Å². The van der Waals surface area contributed by atoms with E-state index in [1.165, 1.54) is 35.4 Å². The van der Waals surface area contributed by atoms with Gasteiger partial charge in [-0.3, -0.25) is 4.79 Å². The quantitative estimate of drug-likeness (QED) is 0.783. The van der Waals surface area contributed by atoms with E-state index in [1.54, 1.807) is 0 Å². The molecule has 0 radical (unpaired) electrons. The normalized spacial score (nSPS) is 14.7. The number of hydrogen-bond donors (Lipinski definition) is 2. The van der Waals surface area contributed by atoms with E-state index in [2.05, 4.69) is 35.4 Å². The van der Waals surface area contributed by atoms with Crippen molar-refractivity contribution in [3.05, 3.63) is 65.0 Å². The Balaban J connectivity index is 1.51. The van der Waals surface area contributed by atoms with Crippen molar-refractivity contribution >= 4 is 28.9 Å². The summed E-state index contributed by atoms with van der Waals surface area (Å²) in [6, 6.07) is 11.8. The Morgan fingerprint density at radius 3 is 2.44 bits per heavy atom. The van der Waals surface area contributed by atoms with Crippen LogP contribution in [0.15, 0.2) is 42.5 Å². The van der Waals surface area contributed by atoms with Gasteiger partial charge < -0.3 is 15.5 Å². The van der Waals surface area contributed by atoms with Gasteiger partial charge in [-0.25, -0.2) is 4.39 Å². The third kappa shape index (κ3) is 4.83. The molecule has 0 unspecified atom stereocenters. The molecule has 2 aromatic rings. The van der Waals surface area contributed by atoms with Crippen molar-refractivity contribution in [3.8, 4) is 0 Å². The zero-order valence-electron chi connectivity index (χ0n) is 15.6. The largest absolute Gasteiger partial charge is 0.349 e. The van der Waals surface area contributed by atoms with Gasteiger partial charge in [-0.05, 0) is 80.4 Å². The Hall–Kier alpha value is -2.47. The molecule has 0 bridgehead atoms. The van der Waals surface area contributed by atoms with Gasteiger partial charge in [0.05, 0.1) is 0 Å². The molecule has 3 rings (SSSR count). The maximum Gasteiger partial charge on any atom is 0.251 e. The number of aryl methyl sites for hydroxylation is 1. The van der Waals surface area contributed by atoms with Gasteiger partial charge in [0.2, 0.25) is 0 Å². The first-order chi connectivity index (χ1) is 12.9. The van der Waals surface area contributed by atoms with Crippen LogP contribution in [0.25, 0.3) is 0 Å². The maximum atomic E-state index is 13.0. The SMILES string of the molecule is Cc1cccc(NC(=S)N2CCC(NC(=O)c3ccc(F)cc3)CC2)c1C. The lowest BCUT2D eigenvalue weighted by molar-refractivity contribution is 0.0922. The molecule has 142 valence electrons. The summed E-state index contributed by atoms with van der Waals surface area (Å²) in [6.07, 6.45) is 1.64. The van der Waals surface area contributed by atoms with E-state index in [0.29, 0.717) is 10.7 Å². The number of thiocarbonyl (C=S) groups is 1. The summed E-state index contributed by atoms with van der Waals surface area (Å²) in [4.78, 5) is 14.4. The molecule has 1 aliphatic rings. The fourth-order valence-corrected chi connectivity index (χ4v) is 3.47. The number of anilines is 1. The molecule has 1 fully saturated rings. The van der Waals surface area contributed by atoms with E-state index >= 15 is 0 Å². The number of carbonyl (C=O) groups is 1. The summed E-state index contributed by atoms with van der Waals surface area (Å²) in [5.41, 5.74) is 3.93. The first kappa shape index (κ1) is 19.3. The second kappa shape index (κ2) is 8.48. The number of halogens is 1. The Morgan fingerprint density at radius 1 is 1.11 bits per heavy atom. The number of nitrogens with zero attached hydrogens (tertiary/aromatic N) is 1. The molecule has 0 aromatic heterocycles. The lowest BCUT2D eigenvalue weighted by atomic mass is 10.0. The lowest BCUT2D eigenvalue weighted by Crippen LogP contribution is -2.47. The molecule has 6 heteroatoms. The molecule has 0 aliphatic carbocycles. The molecule has 2 N–H and O–H groups in total. The highest BCUT2D eigenvalue weighted by atomic mass is 32.1. The van der Waals surface area contributed by atoms with E-state index in [9.17, 15) is 9.18 Å². The number of hydrogen-bond acceptors (Lipinski definition) is 2. The van der Waals surface area contributed by atoms with Crippen molar-refractivity contribution in [2.45, 2.75) is 32.7 Å². The van der Waals surface area contributed by atoms with Gasteiger partial charge in [0.25, 0.3) is 5.91 Å². The third-order valence-corrected chi connectivity index (χ3v) is 5.43.